The molecule has 0 heterocycles. The highest BCUT2D eigenvalue weighted by molar-refractivity contribution is 7.98. The minimum absolute atomic E-state index is 0.389. The predicted octanol–water partition coefficient (Wildman–Crippen LogP) is 4.16. The van der Waals surface area contributed by atoms with Gasteiger partial charge in [0.05, 0.1) is 11.9 Å². The van der Waals surface area contributed by atoms with Gasteiger partial charge in [-0.1, -0.05) is 23.7 Å². The highest BCUT2D eigenvalue weighted by Crippen LogP contribution is 2.28. The molecule has 0 aromatic heterocycles. The lowest BCUT2D eigenvalue weighted by Gasteiger charge is -2.29. The fraction of sp³-hybridized carbons (Fsp3) is 0.278. The number of thioether (sulfide) groups is 1. The van der Waals surface area contributed by atoms with Crippen LogP contribution in [0, 0.1) is 6.92 Å². The van der Waals surface area contributed by atoms with Gasteiger partial charge in [0.1, 0.15) is 6.04 Å². The zero-order chi connectivity index (χ0) is 19.5. The van der Waals surface area contributed by atoms with Gasteiger partial charge in [0.25, 0.3) is 0 Å². The molecule has 0 aliphatic heterocycles. The van der Waals surface area contributed by atoms with Crippen molar-refractivity contribution in [1.82, 2.24) is 0 Å². The molecule has 0 radical (unpaired) electrons. The van der Waals surface area contributed by atoms with Gasteiger partial charge in [-0.3, -0.25) is 9.10 Å². The monoisotopic (exact) mass is 412 g/mol. The smallest absolute Gasteiger partial charge is 0.247 e. The number of amides is 1. The van der Waals surface area contributed by atoms with Gasteiger partial charge >= 0.3 is 0 Å². The number of carbonyl (C=O) groups is 1. The Bertz CT molecular complexity index is 916. The lowest BCUT2D eigenvalue weighted by Crippen LogP contribution is -2.45. The summed E-state index contributed by atoms with van der Waals surface area (Å²) in [5, 5.41) is 3.18. The Morgan fingerprint density at radius 3 is 2.54 bits per heavy atom. The van der Waals surface area contributed by atoms with Gasteiger partial charge in [0.15, 0.2) is 0 Å². The van der Waals surface area contributed by atoms with E-state index < -0.39 is 22.0 Å². The Labute approximate surface area is 163 Å². The summed E-state index contributed by atoms with van der Waals surface area (Å²) in [7, 11) is -3.70. The van der Waals surface area contributed by atoms with Crippen molar-refractivity contribution in [3.05, 3.63) is 53.1 Å². The van der Waals surface area contributed by atoms with Gasteiger partial charge in [-0.25, -0.2) is 8.42 Å². The molecule has 1 atom stereocenters. The van der Waals surface area contributed by atoms with Crippen molar-refractivity contribution in [2.75, 3.05) is 22.1 Å². The zero-order valence-corrected chi connectivity index (χ0v) is 17.4. The molecule has 1 amide bonds. The van der Waals surface area contributed by atoms with Gasteiger partial charge in [0.2, 0.25) is 15.9 Å². The fourth-order valence-corrected chi connectivity index (χ4v) is 4.40. The molecule has 1 N–H and O–H groups in total. The summed E-state index contributed by atoms with van der Waals surface area (Å²) in [4.78, 5) is 13.7. The van der Waals surface area contributed by atoms with Crippen LogP contribution in [-0.4, -0.2) is 32.9 Å². The zero-order valence-electron chi connectivity index (χ0n) is 15.0. The number of nitrogens with one attached hydrogen (secondary N) is 1. The number of halogens is 1. The first-order chi connectivity index (χ1) is 12.1. The SMILES string of the molecule is CSc1cccc(NC(=O)[C@H](C)N(c2cc(Cl)ccc2C)S(C)(=O)=O)c1. The van der Waals surface area contributed by atoms with Gasteiger partial charge in [0, 0.05) is 15.6 Å². The lowest BCUT2D eigenvalue weighted by molar-refractivity contribution is -0.116. The van der Waals surface area contributed by atoms with Crippen molar-refractivity contribution in [3.8, 4) is 0 Å². The molecular weight excluding hydrogens is 392 g/mol. The van der Waals surface area contributed by atoms with Crippen LogP contribution < -0.4 is 9.62 Å². The molecule has 8 heteroatoms. The Hall–Kier alpha value is -1.70. The summed E-state index contributed by atoms with van der Waals surface area (Å²) in [6.45, 7) is 3.32. The molecule has 0 fully saturated rings. The molecular formula is C18H21ClN2O3S2. The summed E-state index contributed by atoms with van der Waals surface area (Å²) in [5.41, 5.74) is 1.72. The number of sulfonamides is 1. The molecule has 2 rings (SSSR count). The summed E-state index contributed by atoms with van der Waals surface area (Å²) in [6.07, 6.45) is 3.02. The number of hydrogen-bond donors (Lipinski definition) is 1. The van der Waals surface area contributed by atoms with Crippen LogP contribution in [0.3, 0.4) is 0 Å². The number of benzene rings is 2. The minimum atomic E-state index is -3.70. The second-order valence-electron chi connectivity index (χ2n) is 5.89. The quantitative estimate of drug-likeness (QED) is 0.723. The van der Waals surface area contributed by atoms with E-state index in [2.05, 4.69) is 5.32 Å². The Balaban J connectivity index is 2.36. The number of anilines is 2. The van der Waals surface area contributed by atoms with E-state index in [1.807, 2.05) is 24.5 Å². The van der Waals surface area contributed by atoms with Crippen LogP contribution >= 0.6 is 23.4 Å². The third kappa shape index (κ3) is 4.93. The van der Waals surface area contributed by atoms with Crippen LogP contribution in [0.15, 0.2) is 47.4 Å². The second kappa shape index (κ2) is 8.33. The van der Waals surface area contributed by atoms with Gasteiger partial charge in [-0.15, -0.1) is 11.8 Å². The lowest BCUT2D eigenvalue weighted by atomic mass is 10.1. The van der Waals surface area contributed by atoms with E-state index in [1.54, 1.807) is 49.9 Å². The average Bonchev–Trinajstić information content (AvgIpc) is 2.57. The van der Waals surface area contributed by atoms with Crippen LogP contribution in [0.4, 0.5) is 11.4 Å². The summed E-state index contributed by atoms with van der Waals surface area (Å²) in [5.74, 6) is -0.423. The van der Waals surface area contributed by atoms with Crippen LogP contribution in [0.1, 0.15) is 12.5 Å². The molecule has 0 saturated carbocycles. The standard InChI is InChI=1S/C18H21ClN2O3S2/c1-12-8-9-14(19)10-17(12)21(26(4,23)24)13(2)18(22)20-15-6-5-7-16(11-15)25-3/h5-11,13H,1-4H3,(H,20,22)/t13-/m0/s1. The Morgan fingerprint density at radius 1 is 1.23 bits per heavy atom. The maximum absolute atomic E-state index is 12.7. The minimum Gasteiger partial charge on any atom is -0.324 e. The molecule has 5 nitrogen and oxygen atoms in total. The molecule has 26 heavy (non-hydrogen) atoms. The number of carbonyl (C=O) groups excluding carboxylic acids is 1. The summed E-state index contributed by atoms with van der Waals surface area (Å²) in [6, 6.07) is 11.4. The molecule has 0 spiro atoms. The maximum Gasteiger partial charge on any atom is 0.247 e. The van der Waals surface area contributed by atoms with E-state index in [0.29, 0.717) is 22.0 Å². The van der Waals surface area contributed by atoms with Gasteiger partial charge in [-0.05, 0) is 56.0 Å². The first kappa shape index (κ1) is 20.6. The highest BCUT2D eigenvalue weighted by atomic mass is 35.5. The number of hydrogen-bond acceptors (Lipinski definition) is 4. The molecule has 2 aromatic carbocycles. The van der Waals surface area contributed by atoms with Crippen molar-refractivity contribution in [1.29, 1.82) is 0 Å². The highest BCUT2D eigenvalue weighted by Gasteiger charge is 2.30. The first-order valence-electron chi connectivity index (χ1n) is 7.84. The third-order valence-electron chi connectivity index (χ3n) is 3.83. The number of nitrogens with zero attached hydrogens (tertiary/aromatic N) is 1. The molecule has 2 aromatic rings. The summed E-state index contributed by atoms with van der Waals surface area (Å²) >= 11 is 7.59. The van der Waals surface area contributed by atoms with Crippen LogP contribution in [0.25, 0.3) is 0 Å². The average molecular weight is 413 g/mol. The van der Waals surface area contributed by atoms with Crippen molar-refractivity contribution in [2.45, 2.75) is 24.8 Å². The summed E-state index contributed by atoms with van der Waals surface area (Å²) < 4.78 is 25.9. The predicted molar refractivity (Wildman–Crippen MR) is 110 cm³/mol. The van der Waals surface area contributed by atoms with Crippen molar-refractivity contribution in [2.24, 2.45) is 0 Å². The molecule has 0 aliphatic carbocycles. The van der Waals surface area contributed by atoms with E-state index in [-0.39, 0.29) is 0 Å². The van der Waals surface area contributed by atoms with Gasteiger partial charge in [-0.2, -0.15) is 0 Å². The van der Waals surface area contributed by atoms with E-state index in [0.717, 1.165) is 15.5 Å². The Morgan fingerprint density at radius 2 is 1.92 bits per heavy atom. The van der Waals surface area contributed by atoms with E-state index >= 15 is 0 Å². The van der Waals surface area contributed by atoms with Crippen LogP contribution in [-0.2, 0) is 14.8 Å². The molecule has 0 unspecified atom stereocenters. The normalized spacial score (nSPS) is 12.5. The third-order valence-corrected chi connectivity index (χ3v) is 6.02. The van der Waals surface area contributed by atoms with Crippen molar-refractivity contribution >= 4 is 50.7 Å². The largest absolute Gasteiger partial charge is 0.324 e. The molecule has 0 bridgehead atoms. The van der Waals surface area contributed by atoms with Gasteiger partial charge < -0.3 is 5.32 Å². The second-order valence-corrected chi connectivity index (χ2v) is 9.06. The van der Waals surface area contributed by atoms with Crippen LogP contribution in [0.2, 0.25) is 5.02 Å². The molecule has 0 aliphatic rings. The van der Waals surface area contributed by atoms with Crippen molar-refractivity contribution in [3.63, 3.8) is 0 Å². The van der Waals surface area contributed by atoms with E-state index in [1.165, 1.54) is 0 Å². The van der Waals surface area contributed by atoms with E-state index in [9.17, 15) is 13.2 Å². The van der Waals surface area contributed by atoms with E-state index in [4.69, 9.17) is 11.6 Å². The maximum atomic E-state index is 12.7. The fourth-order valence-electron chi connectivity index (χ4n) is 2.55. The number of aryl methyl sites for hydroxylation is 1. The first-order valence-corrected chi connectivity index (χ1v) is 11.3. The molecule has 0 saturated heterocycles. The number of rotatable bonds is 6. The topological polar surface area (TPSA) is 66.5 Å². The molecule has 140 valence electrons. The van der Waals surface area contributed by atoms with Crippen LogP contribution in [0.5, 0.6) is 0 Å². The van der Waals surface area contributed by atoms with Crippen molar-refractivity contribution < 1.29 is 13.2 Å². The Kier molecular flexibility index (Phi) is 6.60.